The van der Waals surface area contributed by atoms with Crippen molar-refractivity contribution in [2.45, 2.75) is 77.2 Å². The first kappa shape index (κ1) is 18.9. The van der Waals surface area contributed by atoms with Crippen molar-refractivity contribution in [1.29, 1.82) is 0 Å². The van der Waals surface area contributed by atoms with Crippen LogP contribution in [0.15, 0.2) is 6.20 Å². The molecular weight excluding hydrogens is 332 g/mol. The molecular formula is C20H30N2O4. The van der Waals surface area contributed by atoms with Gasteiger partial charge in [0.2, 0.25) is 0 Å². The highest BCUT2D eigenvalue weighted by molar-refractivity contribution is 5.90. The van der Waals surface area contributed by atoms with Crippen molar-refractivity contribution >= 4 is 11.9 Å². The molecule has 1 aromatic rings. The van der Waals surface area contributed by atoms with Gasteiger partial charge in [-0.25, -0.2) is 4.79 Å². The summed E-state index contributed by atoms with van der Waals surface area (Å²) >= 11 is 0. The maximum absolute atomic E-state index is 12.4. The summed E-state index contributed by atoms with van der Waals surface area (Å²) in [7, 11) is 0. The number of unbranched alkanes of at least 4 members (excludes halogenated alkanes) is 1. The summed E-state index contributed by atoms with van der Waals surface area (Å²) in [6.45, 7) is 4.83. The van der Waals surface area contributed by atoms with Crippen LogP contribution >= 0.6 is 0 Å². The molecule has 0 aromatic carbocycles. The summed E-state index contributed by atoms with van der Waals surface area (Å²) in [5.41, 5.74) is 1.68. The fourth-order valence-electron chi connectivity index (χ4n) is 3.79. The molecule has 6 nitrogen and oxygen atoms in total. The van der Waals surface area contributed by atoms with Gasteiger partial charge in [0.1, 0.15) is 5.56 Å². The zero-order valence-electron chi connectivity index (χ0n) is 15.9. The van der Waals surface area contributed by atoms with E-state index >= 15 is 0 Å². The molecule has 0 radical (unpaired) electrons. The Hall–Kier alpha value is -1.85. The summed E-state index contributed by atoms with van der Waals surface area (Å²) < 4.78 is 12.6. The zero-order valence-corrected chi connectivity index (χ0v) is 15.9. The Balaban J connectivity index is 1.67. The first-order chi connectivity index (χ1) is 12.7. The van der Waals surface area contributed by atoms with Gasteiger partial charge in [0, 0.05) is 5.92 Å². The van der Waals surface area contributed by atoms with Gasteiger partial charge < -0.3 is 9.47 Å². The molecule has 2 aliphatic carbocycles. The second kappa shape index (κ2) is 8.69. The molecule has 0 amide bonds. The van der Waals surface area contributed by atoms with Gasteiger partial charge in [-0.2, -0.15) is 5.10 Å². The molecule has 0 saturated heterocycles. The minimum atomic E-state index is -0.244. The van der Waals surface area contributed by atoms with Crippen LogP contribution in [0.3, 0.4) is 0 Å². The van der Waals surface area contributed by atoms with Gasteiger partial charge >= 0.3 is 11.9 Å². The van der Waals surface area contributed by atoms with E-state index in [4.69, 9.17) is 9.47 Å². The van der Waals surface area contributed by atoms with Crippen molar-refractivity contribution in [2.24, 2.45) is 5.92 Å². The van der Waals surface area contributed by atoms with Crippen LogP contribution in [0.5, 0.6) is 0 Å². The second-order valence-corrected chi connectivity index (χ2v) is 7.41. The molecule has 0 bridgehead atoms. The molecule has 0 unspecified atom stereocenters. The third kappa shape index (κ3) is 4.27. The highest BCUT2D eigenvalue weighted by Crippen LogP contribution is 2.44. The van der Waals surface area contributed by atoms with Gasteiger partial charge in [-0.15, -0.1) is 0 Å². The maximum atomic E-state index is 12.4. The van der Waals surface area contributed by atoms with Gasteiger partial charge in [-0.05, 0) is 51.9 Å². The van der Waals surface area contributed by atoms with Crippen LogP contribution < -0.4 is 0 Å². The van der Waals surface area contributed by atoms with Crippen molar-refractivity contribution in [1.82, 2.24) is 9.78 Å². The summed E-state index contributed by atoms with van der Waals surface area (Å²) in [4.78, 5) is 24.4. The van der Waals surface area contributed by atoms with Crippen LogP contribution in [0.25, 0.3) is 0 Å². The van der Waals surface area contributed by atoms with Gasteiger partial charge in [-0.1, -0.05) is 13.3 Å². The van der Waals surface area contributed by atoms with Gasteiger partial charge in [-0.3, -0.25) is 9.48 Å². The second-order valence-electron chi connectivity index (χ2n) is 7.41. The van der Waals surface area contributed by atoms with E-state index in [9.17, 15) is 9.59 Å². The fraction of sp³-hybridized carbons (Fsp3) is 0.750. The SMILES string of the molecule is CCCCOC(=O)c1cnn([C@H]2CC[C@H](C(=O)OCC)CC2)c1C1CC1. The summed E-state index contributed by atoms with van der Waals surface area (Å²) in [5.74, 6) is 0.111. The van der Waals surface area contributed by atoms with E-state index in [1.165, 1.54) is 0 Å². The van der Waals surface area contributed by atoms with Crippen LogP contribution in [-0.4, -0.2) is 34.9 Å². The Kier molecular flexibility index (Phi) is 6.33. The molecule has 1 aromatic heterocycles. The first-order valence-corrected chi connectivity index (χ1v) is 10.1. The van der Waals surface area contributed by atoms with Gasteiger partial charge in [0.25, 0.3) is 0 Å². The van der Waals surface area contributed by atoms with Crippen molar-refractivity contribution in [3.8, 4) is 0 Å². The minimum Gasteiger partial charge on any atom is -0.466 e. The summed E-state index contributed by atoms with van der Waals surface area (Å²) in [6.07, 6.45) is 9.23. The Morgan fingerprint density at radius 2 is 1.85 bits per heavy atom. The average Bonchev–Trinajstić information content (AvgIpc) is 3.40. The lowest BCUT2D eigenvalue weighted by molar-refractivity contribution is -0.149. The normalized spacial score (nSPS) is 22.8. The molecule has 144 valence electrons. The molecule has 26 heavy (non-hydrogen) atoms. The average molecular weight is 362 g/mol. The number of nitrogens with zero attached hydrogens (tertiary/aromatic N) is 2. The molecule has 0 aliphatic heterocycles. The number of carbonyl (C=O) groups is 2. The van der Waals surface area contributed by atoms with E-state index in [-0.39, 0.29) is 23.9 Å². The van der Waals surface area contributed by atoms with Crippen molar-refractivity contribution in [3.05, 3.63) is 17.5 Å². The molecule has 2 fully saturated rings. The highest BCUT2D eigenvalue weighted by Gasteiger charge is 2.36. The molecule has 0 atom stereocenters. The number of ether oxygens (including phenoxy) is 2. The van der Waals surface area contributed by atoms with Crippen LogP contribution in [0.2, 0.25) is 0 Å². The summed E-state index contributed by atoms with van der Waals surface area (Å²) in [6, 6.07) is 0.258. The molecule has 6 heteroatoms. The maximum Gasteiger partial charge on any atom is 0.341 e. The zero-order chi connectivity index (χ0) is 18.5. The van der Waals surface area contributed by atoms with E-state index in [1.54, 1.807) is 6.20 Å². The first-order valence-electron chi connectivity index (χ1n) is 10.1. The number of rotatable bonds is 8. The van der Waals surface area contributed by atoms with Gasteiger partial charge in [0.15, 0.2) is 0 Å². The highest BCUT2D eigenvalue weighted by atomic mass is 16.5. The Morgan fingerprint density at radius 3 is 2.46 bits per heavy atom. The molecule has 0 N–H and O–H groups in total. The van der Waals surface area contributed by atoms with Gasteiger partial charge in [0.05, 0.1) is 37.1 Å². The van der Waals surface area contributed by atoms with Crippen LogP contribution in [0.4, 0.5) is 0 Å². The Bertz CT molecular complexity index is 628. The lowest BCUT2D eigenvalue weighted by Crippen LogP contribution is -2.26. The Morgan fingerprint density at radius 1 is 1.12 bits per heavy atom. The number of hydrogen-bond acceptors (Lipinski definition) is 5. The topological polar surface area (TPSA) is 70.4 Å². The van der Waals surface area contributed by atoms with E-state index in [0.717, 1.165) is 57.1 Å². The third-order valence-electron chi connectivity index (χ3n) is 5.41. The monoisotopic (exact) mass is 362 g/mol. The van der Waals surface area contributed by atoms with Crippen molar-refractivity contribution in [3.63, 3.8) is 0 Å². The number of aromatic nitrogens is 2. The van der Waals surface area contributed by atoms with E-state index in [2.05, 4.69) is 16.7 Å². The molecule has 3 rings (SSSR count). The quantitative estimate of drug-likeness (QED) is 0.516. The predicted octanol–water partition coefficient (Wildman–Crippen LogP) is 4.01. The molecule has 0 spiro atoms. The largest absolute Gasteiger partial charge is 0.466 e. The van der Waals surface area contributed by atoms with E-state index in [1.807, 2.05) is 6.92 Å². The minimum absolute atomic E-state index is 0.00427. The van der Waals surface area contributed by atoms with Crippen LogP contribution in [0, 0.1) is 5.92 Å². The van der Waals surface area contributed by atoms with E-state index < -0.39 is 0 Å². The number of esters is 2. The molecule has 1 heterocycles. The number of carbonyl (C=O) groups excluding carboxylic acids is 2. The standard InChI is InChI=1S/C20H30N2O4/c1-3-5-12-26-20(24)17-13-21-22(18(17)14-6-7-14)16-10-8-15(9-11-16)19(23)25-4-2/h13-16H,3-12H2,1-2H3/t15-,16-. The van der Waals surface area contributed by atoms with E-state index in [0.29, 0.717) is 24.7 Å². The van der Waals surface area contributed by atoms with Crippen molar-refractivity contribution < 1.29 is 19.1 Å². The Labute approximate surface area is 155 Å². The van der Waals surface area contributed by atoms with Crippen LogP contribution in [0.1, 0.15) is 93.2 Å². The predicted molar refractivity (Wildman–Crippen MR) is 97.0 cm³/mol. The lowest BCUT2D eigenvalue weighted by atomic mass is 9.86. The molecule has 2 saturated carbocycles. The fourth-order valence-corrected chi connectivity index (χ4v) is 3.79. The third-order valence-corrected chi connectivity index (χ3v) is 5.41. The van der Waals surface area contributed by atoms with Crippen LogP contribution in [-0.2, 0) is 14.3 Å². The number of hydrogen-bond donors (Lipinski definition) is 0. The van der Waals surface area contributed by atoms with Crippen molar-refractivity contribution in [2.75, 3.05) is 13.2 Å². The lowest BCUT2D eigenvalue weighted by Gasteiger charge is -2.28. The smallest absolute Gasteiger partial charge is 0.341 e. The summed E-state index contributed by atoms with van der Waals surface area (Å²) in [5, 5.41) is 4.56. The molecule has 2 aliphatic rings.